The number of nitrogens with zero attached hydrogens (tertiary/aromatic N) is 2. The maximum Gasteiger partial charge on any atom is 0.433 e. The summed E-state index contributed by atoms with van der Waals surface area (Å²) < 4.78 is 50.9. The summed E-state index contributed by atoms with van der Waals surface area (Å²) in [4.78, 5) is 6.74. The Morgan fingerprint density at radius 1 is 1.10 bits per heavy atom. The van der Waals surface area contributed by atoms with Crippen molar-refractivity contribution in [1.82, 2.24) is 9.97 Å². The van der Waals surface area contributed by atoms with Crippen LogP contribution in [0.25, 0.3) is 0 Å². The molecular formula is C12H10F4N4. The number of nitrogens with two attached hydrogens (primary N) is 1. The van der Waals surface area contributed by atoms with Crippen LogP contribution >= 0.6 is 0 Å². The Labute approximate surface area is 111 Å². The summed E-state index contributed by atoms with van der Waals surface area (Å²) in [6.45, 7) is 1.66. The first-order valence-corrected chi connectivity index (χ1v) is 5.50. The third kappa shape index (κ3) is 3.34. The quantitative estimate of drug-likeness (QED) is 0.832. The van der Waals surface area contributed by atoms with Crippen molar-refractivity contribution in [2.75, 3.05) is 11.1 Å². The molecule has 8 heteroatoms. The zero-order valence-electron chi connectivity index (χ0n) is 10.3. The van der Waals surface area contributed by atoms with Gasteiger partial charge in [0.1, 0.15) is 11.6 Å². The predicted molar refractivity (Wildman–Crippen MR) is 65.9 cm³/mol. The Hall–Kier alpha value is -2.38. The van der Waals surface area contributed by atoms with Crippen LogP contribution in [0.5, 0.6) is 0 Å². The van der Waals surface area contributed by atoms with Crippen LogP contribution in [0.3, 0.4) is 0 Å². The van der Waals surface area contributed by atoms with Crippen molar-refractivity contribution < 1.29 is 17.6 Å². The summed E-state index contributed by atoms with van der Waals surface area (Å²) in [7, 11) is 0. The summed E-state index contributed by atoms with van der Waals surface area (Å²) >= 11 is 0. The average molecular weight is 286 g/mol. The minimum atomic E-state index is -4.63. The normalized spacial score (nSPS) is 11.4. The topological polar surface area (TPSA) is 63.8 Å². The number of benzene rings is 1. The lowest BCUT2D eigenvalue weighted by Gasteiger charge is -2.10. The zero-order chi connectivity index (χ0) is 14.9. The minimum absolute atomic E-state index is 0.158. The molecule has 3 N–H and O–H groups in total. The summed E-state index contributed by atoms with van der Waals surface area (Å²) in [5.74, 6) is -1.18. The lowest BCUT2D eigenvalue weighted by molar-refractivity contribution is -0.141. The Kier molecular flexibility index (Phi) is 3.47. The predicted octanol–water partition coefficient (Wildman–Crippen LogP) is 3.27. The van der Waals surface area contributed by atoms with E-state index in [0.29, 0.717) is 11.6 Å². The number of aryl methyl sites for hydroxylation is 1. The van der Waals surface area contributed by atoms with Gasteiger partial charge < -0.3 is 11.1 Å². The standard InChI is InChI=1S/C12H10F4N4/c1-6-2-7(13)4-8(3-6)18-10-5-9(12(14,15)16)19-11(17)20-10/h2-5H,1H3,(H3,17,18,19,20). The smallest absolute Gasteiger partial charge is 0.368 e. The van der Waals surface area contributed by atoms with Gasteiger partial charge in [0.05, 0.1) is 0 Å². The molecule has 0 aliphatic heterocycles. The van der Waals surface area contributed by atoms with E-state index in [-0.39, 0.29) is 11.5 Å². The first kappa shape index (κ1) is 14.0. The molecule has 0 saturated carbocycles. The molecule has 4 nitrogen and oxygen atoms in total. The van der Waals surface area contributed by atoms with E-state index < -0.39 is 23.6 Å². The number of halogens is 4. The first-order chi connectivity index (χ1) is 9.24. The van der Waals surface area contributed by atoms with E-state index in [0.717, 1.165) is 6.07 Å². The molecule has 2 aromatic rings. The van der Waals surface area contributed by atoms with E-state index >= 15 is 0 Å². The van der Waals surface area contributed by atoms with Gasteiger partial charge in [0.25, 0.3) is 0 Å². The average Bonchev–Trinajstić information content (AvgIpc) is 2.25. The van der Waals surface area contributed by atoms with Gasteiger partial charge in [0.2, 0.25) is 5.95 Å². The fourth-order valence-electron chi connectivity index (χ4n) is 1.63. The van der Waals surface area contributed by atoms with Gasteiger partial charge in [-0.05, 0) is 30.7 Å². The van der Waals surface area contributed by atoms with Crippen molar-refractivity contribution in [2.24, 2.45) is 0 Å². The van der Waals surface area contributed by atoms with Crippen LogP contribution in [-0.4, -0.2) is 9.97 Å². The second-order valence-corrected chi connectivity index (χ2v) is 4.14. The van der Waals surface area contributed by atoms with E-state index in [2.05, 4.69) is 15.3 Å². The molecule has 0 unspecified atom stereocenters. The van der Waals surface area contributed by atoms with Crippen LogP contribution in [0.2, 0.25) is 0 Å². The Balaban J connectivity index is 2.36. The molecule has 0 aliphatic rings. The van der Waals surface area contributed by atoms with Gasteiger partial charge in [0, 0.05) is 11.8 Å². The molecule has 0 amide bonds. The van der Waals surface area contributed by atoms with Crippen molar-refractivity contribution in [1.29, 1.82) is 0 Å². The Morgan fingerprint density at radius 2 is 1.80 bits per heavy atom. The molecule has 1 heterocycles. The second kappa shape index (κ2) is 4.95. The Bertz CT molecular complexity index is 620. The van der Waals surface area contributed by atoms with Gasteiger partial charge in [-0.25, -0.2) is 9.37 Å². The van der Waals surface area contributed by atoms with Crippen molar-refractivity contribution in [3.05, 3.63) is 41.3 Å². The molecule has 0 aliphatic carbocycles. The summed E-state index contributed by atoms with van der Waals surface area (Å²) in [5.41, 5.74) is 4.96. The van der Waals surface area contributed by atoms with Crippen LogP contribution in [0, 0.1) is 12.7 Å². The highest BCUT2D eigenvalue weighted by Crippen LogP contribution is 2.30. The molecule has 0 saturated heterocycles. The largest absolute Gasteiger partial charge is 0.433 e. The fourth-order valence-corrected chi connectivity index (χ4v) is 1.63. The highest BCUT2D eigenvalue weighted by molar-refractivity contribution is 5.58. The molecule has 0 atom stereocenters. The van der Waals surface area contributed by atoms with E-state index in [9.17, 15) is 17.6 Å². The summed E-state index contributed by atoms with van der Waals surface area (Å²) in [6, 6.07) is 4.70. The zero-order valence-corrected chi connectivity index (χ0v) is 10.3. The Morgan fingerprint density at radius 3 is 2.40 bits per heavy atom. The molecule has 1 aromatic heterocycles. The van der Waals surface area contributed by atoms with Gasteiger partial charge in [-0.2, -0.15) is 18.2 Å². The third-order valence-electron chi connectivity index (χ3n) is 2.35. The highest BCUT2D eigenvalue weighted by atomic mass is 19.4. The lowest BCUT2D eigenvalue weighted by Crippen LogP contribution is -2.12. The summed E-state index contributed by atoms with van der Waals surface area (Å²) in [5, 5.41) is 2.57. The molecule has 2 rings (SSSR count). The van der Waals surface area contributed by atoms with E-state index in [4.69, 9.17) is 5.73 Å². The van der Waals surface area contributed by atoms with Crippen LogP contribution in [0.4, 0.5) is 35.0 Å². The number of anilines is 3. The van der Waals surface area contributed by atoms with Gasteiger partial charge in [-0.1, -0.05) is 0 Å². The van der Waals surface area contributed by atoms with Crippen LogP contribution < -0.4 is 11.1 Å². The number of hydrogen-bond acceptors (Lipinski definition) is 4. The molecule has 0 fully saturated rings. The summed E-state index contributed by atoms with van der Waals surface area (Å²) in [6.07, 6.45) is -4.63. The number of aromatic nitrogens is 2. The van der Waals surface area contributed by atoms with Gasteiger partial charge in [-0.15, -0.1) is 0 Å². The van der Waals surface area contributed by atoms with Crippen LogP contribution in [0.1, 0.15) is 11.3 Å². The molecular weight excluding hydrogens is 276 g/mol. The van der Waals surface area contributed by atoms with Crippen LogP contribution in [-0.2, 0) is 6.18 Å². The number of alkyl halides is 3. The van der Waals surface area contributed by atoms with Gasteiger partial charge in [-0.3, -0.25) is 0 Å². The number of nitrogen functional groups attached to an aromatic ring is 1. The lowest BCUT2D eigenvalue weighted by atomic mass is 10.2. The molecule has 1 aromatic carbocycles. The van der Waals surface area contributed by atoms with Gasteiger partial charge in [0.15, 0.2) is 5.69 Å². The van der Waals surface area contributed by atoms with Crippen molar-refractivity contribution in [2.45, 2.75) is 13.1 Å². The maximum atomic E-state index is 13.2. The monoisotopic (exact) mass is 286 g/mol. The number of rotatable bonds is 2. The van der Waals surface area contributed by atoms with E-state index in [1.165, 1.54) is 6.07 Å². The molecule has 106 valence electrons. The van der Waals surface area contributed by atoms with Crippen LogP contribution in [0.15, 0.2) is 24.3 Å². The van der Waals surface area contributed by atoms with Crippen molar-refractivity contribution in [3.63, 3.8) is 0 Å². The fraction of sp³-hybridized carbons (Fsp3) is 0.167. The number of nitrogens with one attached hydrogen (secondary N) is 1. The molecule has 0 radical (unpaired) electrons. The molecule has 0 spiro atoms. The SMILES string of the molecule is Cc1cc(F)cc(Nc2cc(C(F)(F)F)nc(N)n2)c1. The first-order valence-electron chi connectivity index (χ1n) is 5.50. The molecule has 20 heavy (non-hydrogen) atoms. The van der Waals surface area contributed by atoms with E-state index in [1.54, 1.807) is 13.0 Å². The molecule has 0 bridgehead atoms. The third-order valence-corrected chi connectivity index (χ3v) is 2.35. The van der Waals surface area contributed by atoms with Crippen molar-refractivity contribution in [3.8, 4) is 0 Å². The second-order valence-electron chi connectivity index (χ2n) is 4.14. The van der Waals surface area contributed by atoms with Crippen molar-refractivity contribution >= 4 is 17.5 Å². The maximum absolute atomic E-state index is 13.2. The number of hydrogen-bond donors (Lipinski definition) is 2. The van der Waals surface area contributed by atoms with Gasteiger partial charge >= 0.3 is 6.18 Å². The van der Waals surface area contributed by atoms with E-state index in [1.807, 2.05) is 0 Å². The highest BCUT2D eigenvalue weighted by Gasteiger charge is 2.33. The minimum Gasteiger partial charge on any atom is -0.368 e.